The summed E-state index contributed by atoms with van der Waals surface area (Å²) in [5, 5.41) is 0. The van der Waals surface area contributed by atoms with E-state index in [1.807, 2.05) is 36.4 Å². The third kappa shape index (κ3) is 10.7. The highest BCUT2D eigenvalue weighted by molar-refractivity contribution is 6.50. The van der Waals surface area contributed by atoms with Crippen LogP contribution in [0.1, 0.15) is 0 Å². The van der Waals surface area contributed by atoms with Crippen LogP contribution in [0, 0.1) is 0 Å². The van der Waals surface area contributed by atoms with Crippen LogP contribution in [0.4, 0.5) is 17.3 Å². The van der Waals surface area contributed by atoms with E-state index in [1.165, 1.54) is 0 Å². The van der Waals surface area contributed by atoms with Gasteiger partial charge in [0.25, 0.3) is 7.11 Å². The first-order valence-corrected chi connectivity index (χ1v) is 3.73. The Balaban J connectivity index is 0.000000292. The van der Waals surface area contributed by atoms with Crippen molar-refractivity contribution in [3.63, 3.8) is 0 Å². The Hall–Kier alpha value is -1.33. The first-order valence-electron chi connectivity index (χ1n) is 3.73. The SMILES string of the molecule is C[O+]=c1cccccc1.F[B-](F)(F)F. The molecule has 1 rings (SSSR count). The molecule has 0 N–H and O–H groups in total. The van der Waals surface area contributed by atoms with E-state index in [4.69, 9.17) is 4.42 Å². The van der Waals surface area contributed by atoms with Gasteiger partial charge in [0.2, 0.25) is 0 Å². The topological polar surface area (TPSA) is 11.3 Å². The summed E-state index contributed by atoms with van der Waals surface area (Å²) in [7, 11) is -4.34. The maximum atomic E-state index is 9.75. The first-order chi connectivity index (χ1) is 6.43. The van der Waals surface area contributed by atoms with E-state index in [0.717, 1.165) is 5.43 Å². The van der Waals surface area contributed by atoms with Crippen molar-refractivity contribution in [2.75, 3.05) is 7.11 Å². The number of rotatable bonds is 0. The average molecular weight is 208 g/mol. The predicted molar refractivity (Wildman–Crippen MR) is 48.8 cm³/mol. The lowest BCUT2D eigenvalue weighted by Gasteiger charge is -1.94. The summed E-state index contributed by atoms with van der Waals surface area (Å²) in [4.78, 5) is 0. The number of halogens is 4. The van der Waals surface area contributed by atoms with Gasteiger partial charge in [-0.05, 0) is 0 Å². The molecule has 14 heavy (non-hydrogen) atoms. The van der Waals surface area contributed by atoms with E-state index in [2.05, 4.69) is 0 Å². The smallest absolute Gasteiger partial charge is 0.418 e. The molecule has 0 aliphatic rings. The minimum atomic E-state index is -6.00. The highest BCUT2D eigenvalue weighted by atomic mass is 19.5. The summed E-state index contributed by atoms with van der Waals surface area (Å²) in [6.45, 7) is 0. The van der Waals surface area contributed by atoms with Gasteiger partial charge in [0.1, 0.15) is 0 Å². The van der Waals surface area contributed by atoms with Crippen molar-refractivity contribution in [2.45, 2.75) is 0 Å². The Morgan fingerprint density at radius 1 is 0.929 bits per heavy atom. The highest BCUT2D eigenvalue weighted by Crippen LogP contribution is 2.06. The summed E-state index contributed by atoms with van der Waals surface area (Å²) < 4.78 is 44.0. The lowest BCUT2D eigenvalue weighted by molar-refractivity contribution is 0.368. The molecular formula is C8H9BF4O. The van der Waals surface area contributed by atoms with Gasteiger partial charge in [-0.3, -0.25) is 4.42 Å². The quantitative estimate of drug-likeness (QED) is 0.352. The molecule has 0 aliphatic heterocycles. The third-order valence-corrected chi connectivity index (χ3v) is 1.09. The van der Waals surface area contributed by atoms with Gasteiger partial charge in [-0.1, -0.05) is 24.3 Å². The van der Waals surface area contributed by atoms with Crippen molar-refractivity contribution in [3.05, 3.63) is 46.3 Å². The van der Waals surface area contributed by atoms with Crippen molar-refractivity contribution in [1.82, 2.24) is 0 Å². The molecule has 0 saturated carbocycles. The van der Waals surface area contributed by atoms with Crippen LogP contribution in [0.2, 0.25) is 0 Å². The lowest BCUT2D eigenvalue weighted by atomic mass is 10.3. The molecule has 1 aromatic carbocycles. The predicted octanol–water partition coefficient (Wildman–Crippen LogP) is 2.51. The number of hydrogen-bond acceptors (Lipinski definition) is 0. The summed E-state index contributed by atoms with van der Waals surface area (Å²) >= 11 is 0. The summed E-state index contributed by atoms with van der Waals surface area (Å²) in [5.41, 5.74) is 0.889. The molecule has 1 aromatic rings. The maximum Gasteiger partial charge on any atom is 0.673 e. The molecule has 0 aromatic heterocycles. The second-order valence-electron chi connectivity index (χ2n) is 2.20. The molecule has 0 radical (unpaired) electrons. The first kappa shape index (κ1) is 12.7. The van der Waals surface area contributed by atoms with Crippen LogP contribution in [-0.2, 0) is 0 Å². The second-order valence-corrected chi connectivity index (χ2v) is 2.20. The largest absolute Gasteiger partial charge is 0.673 e. The second kappa shape index (κ2) is 6.18. The molecule has 1 nitrogen and oxygen atoms in total. The van der Waals surface area contributed by atoms with E-state index in [9.17, 15) is 17.3 Å². The molecular weight excluding hydrogens is 199 g/mol. The van der Waals surface area contributed by atoms with Crippen molar-refractivity contribution in [2.24, 2.45) is 0 Å². The van der Waals surface area contributed by atoms with E-state index in [-0.39, 0.29) is 0 Å². The molecule has 0 bridgehead atoms. The lowest BCUT2D eigenvalue weighted by Crippen LogP contribution is -2.02. The molecule has 0 aliphatic carbocycles. The molecule has 6 heteroatoms. The molecule has 78 valence electrons. The van der Waals surface area contributed by atoms with Crippen LogP contribution < -0.4 is 5.43 Å². The van der Waals surface area contributed by atoms with Gasteiger partial charge >= 0.3 is 12.7 Å². The maximum absolute atomic E-state index is 9.75. The zero-order chi connectivity index (χ0) is 11.0. The van der Waals surface area contributed by atoms with Gasteiger partial charge < -0.3 is 17.3 Å². The normalized spacial score (nSPS) is 9.79. The Morgan fingerprint density at radius 2 is 1.29 bits per heavy atom. The summed E-state index contributed by atoms with van der Waals surface area (Å²) in [5.74, 6) is 0. The third-order valence-electron chi connectivity index (χ3n) is 1.09. The van der Waals surface area contributed by atoms with Crippen LogP contribution in [0.15, 0.2) is 40.8 Å². The van der Waals surface area contributed by atoms with Gasteiger partial charge in [-0.2, -0.15) is 0 Å². The summed E-state index contributed by atoms with van der Waals surface area (Å²) in [6, 6.07) is 11.6. The van der Waals surface area contributed by atoms with Crippen LogP contribution in [0.25, 0.3) is 0 Å². The van der Waals surface area contributed by atoms with Gasteiger partial charge in [-0.25, -0.2) is 0 Å². The molecule has 0 spiro atoms. The fourth-order valence-corrected chi connectivity index (χ4v) is 0.621. The van der Waals surface area contributed by atoms with E-state index in [0.29, 0.717) is 0 Å². The van der Waals surface area contributed by atoms with Crippen molar-refractivity contribution in [1.29, 1.82) is 0 Å². The van der Waals surface area contributed by atoms with Gasteiger partial charge in [0, 0.05) is 12.1 Å². The van der Waals surface area contributed by atoms with Crippen LogP contribution in [0.5, 0.6) is 0 Å². The minimum Gasteiger partial charge on any atom is -0.418 e. The zero-order valence-corrected chi connectivity index (χ0v) is 7.46. The Bertz CT molecular complexity index is 296. The molecule has 0 saturated heterocycles. The van der Waals surface area contributed by atoms with Crippen LogP contribution in [-0.4, -0.2) is 14.4 Å². The standard InChI is InChI=1S/C8H9O.BF4/c1-9-8-6-4-2-3-5-7-8;2-1(3,4)5/h2-7H,1H3;/q+1;-1. The molecule has 0 heterocycles. The van der Waals surface area contributed by atoms with Crippen LogP contribution >= 0.6 is 0 Å². The minimum absolute atomic E-state index is 0.889. The number of hydrogen-bond donors (Lipinski definition) is 0. The fourth-order valence-electron chi connectivity index (χ4n) is 0.621. The molecule has 0 atom stereocenters. The van der Waals surface area contributed by atoms with Crippen molar-refractivity contribution < 1.29 is 17.3 Å². The van der Waals surface area contributed by atoms with E-state index < -0.39 is 7.25 Å². The van der Waals surface area contributed by atoms with Crippen LogP contribution in [0.3, 0.4) is 0 Å². The van der Waals surface area contributed by atoms with E-state index >= 15 is 0 Å². The van der Waals surface area contributed by atoms with E-state index in [1.54, 1.807) is 7.11 Å². The Kier molecular flexibility index (Phi) is 5.59. The highest BCUT2D eigenvalue weighted by Gasteiger charge is 2.20. The Morgan fingerprint density at radius 3 is 1.57 bits per heavy atom. The van der Waals surface area contributed by atoms with Crippen molar-refractivity contribution >= 4 is 7.25 Å². The molecule has 0 unspecified atom stereocenters. The average Bonchev–Trinajstić information content (AvgIpc) is 2.28. The fraction of sp³-hybridized carbons (Fsp3) is 0.125. The molecule has 0 amide bonds. The van der Waals surface area contributed by atoms with Crippen molar-refractivity contribution in [3.8, 4) is 0 Å². The van der Waals surface area contributed by atoms with Gasteiger partial charge in [0.05, 0.1) is 0 Å². The zero-order valence-electron chi connectivity index (χ0n) is 7.46. The van der Waals surface area contributed by atoms with Gasteiger partial charge in [-0.15, -0.1) is 0 Å². The van der Waals surface area contributed by atoms with Gasteiger partial charge in [0.15, 0.2) is 0 Å². The molecule has 0 fully saturated rings. The summed E-state index contributed by atoms with van der Waals surface area (Å²) in [6.07, 6.45) is 0. The monoisotopic (exact) mass is 208 g/mol. The Labute approximate surface area is 78.8 Å².